The van der Waals surface area contributed by atoms with Gasteiger partial charge in [-0.1, -0.05) is 35.9 Å². The molecule has 1 heterocycles. The third-order valence-electron chi connectivity index (χ3n) is 3.53. The average Bonchev–Trinajstić information content (AvgIpc) is 2.57. The van der Waals surface area contributed by atoms with Crippen molar-refractivity contribution >= 4 is 5.96 Å². The van der Waals surface area contributed by atoms with Crippen LogP contribution in [0.2, 0.25) is 0 Å². The molecule has 0 fully saturated rings. The second kappa shape index (κ2) is 8.17. The van der Waals surface area contributed by atoms with Crippen LogP contribution in [0, 0.1) is 6.92 Å². The summed E-state index contributed by atoms with van der Waals surface area (Å²) in [7, 11) is 5.43. The Morgan fingerprint density at radius 3 is 2.61 bits per heavy atom. The Hall–Kier alpha value is -2.56. The first-order chi connectivity index (χ1) is 11.1. The first-order valence-electron chi connectivity index (χ1n) is 7.59. The maximum atomic E-state index is 5.14. The van der Waals surface area contributed by atoms with Crippen molar-refractivity contribution in [2.45, 2.75) is 20.0 Å². The van der Waals surface area contributed by atoms with Gasteiger partial charge in [-0.3, -0.25) is 4.99 Å². The van der Waals surface area contributed by atoms with Crippen molar-refractivity contribution in [1.82, 2.24) is 15.2 Å². The number of methoxy groups -OCH3 is 1. The Morgan fingerprint density at radius 2 is 1.96 bits per heavy atom. The number of nitrogens with one attached hydrogen (secondary N) is 1. The fraction of sp³-hybridized carbons (Fsp3) is 0.333. The standard InChI is InChI=1S/C18H24N4O/c1-14-8-10-15(11-9-14)13-22(3)18(19-2)20-12-16-6-5-7-17(21-16)23-4/h5-11H,12-13H2,1-4H3,(H,19,20). The number of aromatic nitrogens is 1. The summed E-state index contributed by atoms with van der Waals surface area (Å²) in [6, 6.07) is 14.3. The molecule has 0 amide bonds. The van der Waals surface area contributed by atoms with Gasteiger partial charge in [-0.15, -0.1) is 0 Å². The van der Waals surface area contributed by atoms with Crippen LogP contribution in [0.3, 0.4) is 0 Å². The molecule has 0 radical (unpaired) electrons. The molecule has 1 aromatic heterocycles. The molecule has 0 spiro atoms. The van der Waals surface area contributed by atoms with Crippen molar-refractivity contribution in [3.8, 4) is 5.88 Å². The zero-order chi connectivity index (χ0) is 16.7. The smallest absolute Gasteiger partial charge is 0.213 e. The molecule has 5 nitrogen and oxygen atoms in total. The second-order valence-corrected chi connectivity index (χ2v) is 5.41. The summed E-state index contributed by atoms with van der Waals surface area (Å²) >= 11 is 0. The van der Waals surface area contributed by atoms with E-state index in [0.29, 0.717) is 12.4 Å². The minimum Gasteiger partial charge on any atom is -0.481 e. The Morgan fingerprint density at radius 1 is 1.22 bits per heavy atom. The monoisotopic (exact) mass is 312 g/mol. The second-order valence-electron chi connectivity index (χ2n) is 5.41. The molecule has 1 N–H and O–H groups in total. The number of hydrogen-bond donors (Lipinski definition) is 1. The van der Waals surface area contributed by atoms with Gasteiger partial charge in [0.25, 0.3) is 0 Å². The lowest BCUT2D eigenvalue weighted by Gasteiger charge is -2.22. The van der Waals surface area contributed by atoms with Gasteiger partial charge < -0.3 is 15.0 Å². The van der Waals surface area contributed by atoms with Gasteiger partial charge in [0.15, 0.2) is 5.96 Å². The summed E-state index contributed by atoms with van der Waals surface area (Å²) in [6.07, 6.45) is 0. The van der Waals surface area contributed by atoms with Crippen LogP contribution in [0.5, 0.6) is 5.88 Å². The largest absolute Gasteiger partial charge is 0.481 e. The number of benzene rings is 1. The van der Waals surface area contributed by atoms with E-state index in [0.717, 1.165) is 18.2 Å². The van der Waals surface area contributed by atoms with Crippen molar-refractivity contribution in [3.05, 3.63) is 59.3 Å². The van der Waals surface area contributed by atoms with Crippen molar-refractivity contribution < 1.29 is 4.74 Å². The molecule has 0 aliphatic heterocycles. The maximum absolute atomic E-state index is 5.14. The zero-order valence-electron chi connectivity index (χ0n) is 14.2. The molecule has 122 valence electrons. The van der Waals surface area contributed by atoms with Crippen molar-refractivity contribution in [2.24, 2.45) is 4.99 Å². The Kier molecular flexibility index (Phi) is 5.97. The van der Waals surface area contributed by atoms with E-state index in [1.54, 1.807) is 14.2 Å². The summed E-state index contributed by atoms with van der Waals surface area (Å²) in [6.45, 7) is 3.49. The fourth-order valence-corrected chi connectivity index (χ4v) is 2.27. The molecule has 5 heteroatoms. The van der Waals surface area contributed by atoms with Crippen molar-refractivity contribution in [1.29, 1.82) is 0 Å². The van der Waals surface area contributed by atoms with Gasteiger partial charge in [-0.05, 0) is 18.6 Å². The van der Waals surface area contributed by atoms with Crippen LogP contribution < -0.4 is 10.1 Å². The van der Waals surface area contributed by atoms with Crippen LogP contribution in [-0.4, -0.2) is 37.0 Å². The zero-order valence-corrected chi connectivity index (χ0v) is 14.2. The van der Waals surface area contributed by atoms with E-state index in [2.05, 4.69) is 51.4 Å². The third kappa shape index (κ3) is 4.98. The van der Waals surface area contributed by atoms with E-state index in [9.17, 15) is 0 Å². The van der Waals surface area contributed by atoms with Gasteiger partial charge in [0.2, 0.25) is 5.88 Å². The quantitative estimate of drug-likeness (QED) is 0.681. The van der Waals surface area contributed by atoms with Gasteiger partial charge in [0, 0.05) is 26.7 Å². The molecule has 23 heavy (non-hydrogen) atoms. The molecule has 0 saturated carbocycles. The van der Waals surface area contributed by atoms with Crippen LogP contribution >= 0.6 is 0 Å². The summed E-state index contributed by atoms with van der Waals surface area (Å²) in [5.74, 6) is 1.45. The van der Waals surface area contributed by atoms with E-state index >= 15 is 0 Å². The van der Waals surface area contributed by atoms with E-state index in [1.165, 1.54) is 11.1 Å². The van der Waals surface area contributed by atoms with Crippen LogP contribution in [0.1, 0.15) is 16.8 Å². The highest BCUT2D eigenvalue weighted by Gasteiger charge is 2.07. The highest BCUT2D eigenvalue weighted by atomic mass is 16.5. The first kappa shape index (κ1) is 16.8. The molecule has 0 saturated heterocycles. The Balaban J connectivity index is 1.95. The predicted octanol–water partition coefficient (Wildman–Crippen LogP) is 2.61. The SMILES string of the molecule is CN=C(NCc1cccc(OC)n1)N(C)Cc1ccc(C)cc1. The van der Waals surface area contributed by atoms with Crippen LogP contribution in [0.25, 0.3) is 0 Å². The Labute approximate surface area is 138 Å². The van der Waals surface area contributed by atoms with Gasteiger partial charge in [0.05, 0.1) is 19.3 Å². The summed E-state index contributed by atoms with van der Waals surface area (Å²) in [5.41, 5.74) is 3.43. The number of hydrogen-bond acceptors (Lipinski definition) is 3. The third-order valence-corrected chi connectivity index (χ3v) is 3.53. The van der Waals surface area contributed by atoms with E-state index < -0.39 is 0 Å². The normalized spacial score (nSPS) is 11.2. The highest BCUT2D eigenvalue weighted by molar-refractivity contribution is 5.79. The molecule has 0 bridgehead atoms. The van der Waals surface area contributed by atoms with Gasteiger partial charge in [-0.25, -0.2) is 4.98 Å². The van der Waals surface area contributed by atoms with Crippen LogP contribution in [-0.2, 0) is 13.1 Å². The molecule has 2 rings (SSSR count). The highest BCUT2D eigenvalue weighted by Crippen LogP contribution is 2.08. The minimum absolute atomic E-state index is 0.599. The lowest BCUT2D eigenvalue weighted by atomic mass is 10.1. The van der Waals surface area contributed by atoms with Gasteiger partial charge in [0.1, 0.15) is 0 Å². The molecular formula is C18H24N4O. The lowest BCUT2D eigenvalue weighted by Crippen LogP contribution is -2.38. The number of guanidine groups is 1. The van der Waals surface area contributed by atoms with E-state index in [4.69, 9.17) is 4.74 Å². The predicted molar refractivity (Wildman–Crippen MR) is 93.6 cm³/mol. The molecule has 1 aromatic carbocycles. The van der Waals surface area contributed by atoms with E-state index in [1.807, 2.05) is 25.2 Å². The minimum atomic E-state index is 0.599. The van der Waals surface area contributed by atoms with Gasteiger partial charge >= 0.3 is 0 Å². The summed E-state index contributed by atoms with van der Waals surface area (Å²) in [5, 5.41) is 3.33. The lowest BCUT2D eigenvalue weighted by molar-refractivity contribution is 0.396. The molecule has 0 atom stereocenters. The number of pyridine rings is 1. The fourth-order valence-electron chi connectivity index (χ4n) is 2.27. The number of rotatable bonds is 5. The first-order valence-corrected chi connectivity index (χ1v) is 7.59. The summed E-state index contributed by atoms with van der Waals surface area (Å²) in [4.78, 5) is 10.8. The van der Waals surface area contributed by atoms with Crippen LogP contribution in [0.15, 0.2) is 47.5 Å². The average molecular weight is 312 g/mol. The Bertz CT molecular complexity index is 652. The summed E-state index contributed by atoms with van der Waals surface area (Å²) < 4.78 is 5.14. The molecule has 2 aromatic rings. The van der Waals surface area contributed by atoms with Crippen molar-refractivity contribution in [3.63, 3.8) is 0 Å². The molecule has 0 unspecified atom stereocenters. The van der Waals surface area contributed by atoms with Crippen molar-refractivity contribution in [2.75, 3.05) is 21.2 Å². The number of aryl methyl sites for hydroxylation is 1. The number of aliphatic imine (C=N–C) groups is 1. The molecular weight excluding hydrogens is 288 g/mol. The van der Waals surface area contributed by atoms with E-state index in [-0.39, 0.29) is 0 Å². The molecule has 0 aliphatic carbocycles. The van der Waals surface area contributed by atoms with Crippen LogP contribution in [0.4, 0.5) is 0 Å². The van der Waals surface area contributed by atoms with Gasteiger partial charge in [-0.2, -0.15) is 0 Å². The number of nitrogens with zero attached hydrogens (tertiary/aromatic N) is 3. The maximum Gasteiger partial charge on any atom is 0.213 e. The molecule has 0 aliphatic rings. The number of ether oxygens (including phenoxy) is 1. The topological polar surface area (TPSA) is 49.8 Å².